The zero-order valence-electron chi connectivity index (χ0n) is 25.7. The predicted octanol–water partition coefficient (Wildman–Crippen LogP) is 5.63. The van der Waals surface area contributed by atoms with Gasteiger partial charge in [-0.2, -0.15) is 0 Å². The Labute approximate surface area is 262 Å². The van der Waals surface area contributed by atoms with Crippen LogP contribution in [0.15, 0.2) is 48.7 Å². The minimum Gasteiger partial charge on any atom is -0.480 e. The summed E-state index contributed by atoms with van der Waals surface area (Å²) in [6, 6.07) is 11.8. The maximum absolute atomic E-state index is 13.5. The zero-order chi connectivity index (χ0) is 32.0. The first-order valence-electron chi connectivity index (χ1n) is 15.5. The van der Waals surface area contributed by atoms with E-state index in [1.807, 2.05) is 31.2 Å². The van der Waals surface area contributed by atoms with E-state index in [1.165, 1.54) is 7.11 Å². The second-order valence-corrected chi connectivity index (χ2v) is 11.6. The van der Waals surface area contributed by atoms with Crippen LogP contribution in [0.3, 0.4) is 0 Å². The quantitative estimate of drug-likeness (QED) is 0.102. The number of hydrogen-bond donors (Lipinski definition) is 3. The average molecular weight is 614 g/mol. The number of pyridine rings is 2. The van der Waals surface area contributed by atoms with Crippen molar-refractivity contribution < 1.29 is 28.6 Å². The summed E-state index contributed by atoms with van der Waals surface area (Å²) in [5.74, 6) is -1.10. The lowest BCUT2D eigenvalue weighted by Gasteiger charge is -2.35. The van der Waals surface area contributed by atoms with Gasteiger partial charge in [0, 0.05) is 30.3 Å². The van der Waals surface area contributed by atoms with Gasteiger partial charge in [-0.15, -0.1) is 0 Å². The van der Waals surface area contributed by atoms with Gasteiger partial charge < -0.3 is 19.5 Å². The number of nitrogens with one attached hydrogen (secondary N) is 3. The first-order chi connectivity index (χ1) is 21.7. The Hall–Kier alpha value is -4.67. The Morgan fingerprint density at radius 3 is 2.64 bits per heavy atom. The van der Waals surface area contributed by atoms with Crippen LogP contribution in [0.2, 0.25) is 0 Å². The summed E-state index contributed by atoms with van der Waals surface area (Å²) >= 11 is 0. The molecule has 1 aliphatic heterocycles. The summed E-state index contributed by atoms with van der Waals surface area (Å²) in [4.78, 5) is 46.6. The Kier molecular flexibility index (Phi) is 9.85. The molecule has 3 aromatic rings. The Morgan fingerprint density at radius 2 is 1.89 bits per heavy atom. The maximum atomic E-state index is 13.5. The van der Waals surface area contributed by atoms with Crippen molar-refractivity contribution in [3.05, 3.63) is 65.5 Å². The molecular formula is C34H39N5O6. The van der Waals surface area contributed by atoms with Gasteiger partial charge in [-0.3, -0.25) is 25.4 Å². The van der Waals surface area contributed by atoms with Gasteiger partial charge in [0.1, 0.15) is 11.8 Å². The molecule has 2 aliphatic rings. The van der Waals surface area contributed by atoms with Gasteiger partial charge in [-0.05, 0) is 62.8 Å². The van der Waals surface area contributed by atoms with Crippen LogP contribution in [0.5, 0.6) is 5.88 Å². The molecule has 0 radical (unpaired) electrons. The third-order valence-corrected chi connectivity index (χ3v) is 8.73. The van der Waals surface area contributed by atoms with Crippen LogP contribution in [0.25, 0.3) is 10.9 Å². The van der Waals surface area contributed by atoms with Crippen LogP contribution in [0, 0.1) is 16.7 Å². The number of carbonyl (C=O) groups excluding carboxylic acids is 3. The highest BCUT2D eigenvalue weighted by atomic mass is 16.6. The maximum Gasteiger partial charge on any atom is 0.341 e. The highest BCUT2D eigenvalue weighted by Crippen LogP contribution is 2.47. The fraction of sp³-hybridized carbons (Fsp3) is 0.441. The second-order valence-electron chi connectivity index (χ2n) is 11.6. The van der Waals surface area contributed by atoms with Crippen LogP contribution in [0.1, 0.15) is 92.7 Å². The van der Waals surface area contributed by atoms with E-state index in [1.54, 1.807) is 24.4 Å². The highest BCUT2D eigenvalue weighted by Gasteiger charge is 2.49. The molecule has 1 spiro atoms. The number of nitrogens with zero attached hydrogens (tertiary/aromatic N) is 2. The van der Waals surface area contributed by atoms with E-state index in [0.717, 1.165) is 18.2 Å². The number of unbranched alkanes of at least 4 members (excludes halogenated alkanes) is 2. The molecule has 0 saturated heterocycles. The molecule has 1 aliphatic carbocycles. The molecule has 2 aromatic heterocycles. The number of ether oxygens (including phenoxy) is 3. The third kappa shape index (κ3) is 7.02. The summed E-state index contributed by atoms with van der Waals surface area (Å²) in [5, 5.41) is 21.2. The van der Waals surface area contributed by atoms with E-state index >= 15 is 0 Å². The lowest BCUT2D eigenvalue weighted by molar-refractivity contribution is -0.128. The van der Waals surface area contributed by atoms with Gasteiger partial charge in [0.05, 0.1) is 29.4 Å². The molecule has 11 heteroatoms. The number of Topliss-reactive ketones (excluding diaryl/α,β-unsaturated/α-hetero) is 1. The molecule has 3 heterocycles. The summed E-state index contributed by atoms with van der Waals surface area (Å²) in [7, 11) is 1.46. The van der Waals surface area contributed by atoms with Crippen LogP contribution in [-0.4, -0.2) is 52.6 Å². The van der Waals surface area contributed by atoms with Crippen LogP contribution < -0.4 is 10.1 Å². The molecule has 1 aromatic carbocycles. The summed E-state index contributed by atoms with van der Waals surface area (Å²) in [6.07, 6.45) is 7.17. The number of hydrogen-bond acceptors (Lipinski definition) is 10. The van der Waals surface area contributed by atoms with E-state index in [-0.39, 0.29) is 41.3 Å². The normalized spacial score (nSPS) is 19.4. The largest absolute Gasteiger partial charge is 0.480 e. The van der Waals surface area contributed by atoms with Crippen molar-refractivity contribution >= 4 is 40.4 Å². The number of rotatable bonds is 12. The Bertz CT molecular complexity index is 1610. The smallest absolute Gasteiger partial charge is 0.341 e. The van der Waals surface area contributed by atoms with Crippen LogP contribution >= 0.6 is 0 Å². The van der Waals surface area contributed by atoms with Crippen molar-refractivity contribution in [1.82, 2.24) is 15.3 Å². The number of methoxy groups -OCH3 is 1. The third-order valence-electron chi connectivity index (χ3n) is 8.73. The number of ketones is 1. The van der Waals surface area contributed by atoms with Gasteiger partial charge in [0.2, 0.25) is 23.6 Å². The highest BCUT2D eigenvalue weighted by molar-refractivity contribution is 6.04. The first-order valence-corrected chi connectivity index (χ1v) is 15.5. The molecule has 1 atom stereocenters. The van der Waals surface area contributed by atoms with Crippen molar-refractivity contribution in [2.45, 2.75) is 82.8 Å². The van der Waals surface area contributed by atoms with Crippen molar-refractivity contribution in [2.75, 3.05) is 7.11 Å². The van der Waals surface area contributed by atoms with E-state index in [2.05, 4.69) is 15.3 Å². The van der Waals surface area contributed by atoms with Crippen LogP contribution in [-0.2, 0) is 24.7 Å². The lowest BCUT2D eigenvalue weighted by atomic mass is 9.76. The van der Waals surface area contributed by atoms with Crippen molar-refractivity contribution in [3.63, 3.8) is 0 Å². The second kappa shape index (κ2) is 14.0. The van der Waals surface area contributed by atoms with Crippen molar-refractivity contribution in [2.24, 2.45) is 5.92 Å². The molecule has 0 bridgehead atoms. The molecular weight excluding hydrogens is 574 g/mol. The van der Waals surface area contributed by atoms with Crippen molar-refractivity contribution in [1.29, 1.82) is 10.8 Å². The van der Waals surface area contributed by atoms with E-state index in [0.29, 0.717) is 73.7 Å². The van der Waals surface area contributed by atoms with E-state index in [9.17, 15) is 14.4 Å². The topological polar surface area (TPSA) is 164 Å². The number of amides is 1. The molecule has 5 rings (SSSR count). The Morgan fingerprint density at radius 1 is 1.11 bits per heavy atom. The number of aromatic nitrogens is 2. The first kappa shape index (κ1) is 31.7. The summed E-state index contributed by atoms with van der Waals surface area (Å²) < 4.78 is 16.9. The molecule has 1 amide bonds. The molecule has 3 N–H and O–H groups in total. The molecule has 0 unspecified atom stereocenters. The Balaban J connectivity index is 1.25. The predicted molar refractivity (Wildman–Crippen MR) is 168 cm³/mol. The fourth-order valence-electron chi connectivity index (χ4n) is 6.13. The lowest BCUT2D eigenvalue weighted by Crippen LogP contribution is -2.46. The minimum absolute atomic E-state index is 0.201. The van der Waals surface area contributed by atoms with Gasteiger partial charge in [-0.25, -0.2) is 9.78 Å². The summed E-state index contributed by atoms with van der Waals surface area (Å²) in [6.45, 7) is 1.85. The van der Waals surface area contributed by atoms with Gasteiger partial charge in [-0.1, -0.05) is 38.0 Å². The summed E-state index contributed by atoms with van der Waals surface area (Å²) in [5.41, 5.74) is 1.31. The number of carbonyl (C=O) groups is 3. The molecule has 236 valence electrons. The molecule has 45 heavy (non-hydrogen) atoms. The standard InChI is InChI=1S/C34H39N5O6/c1-3-23(40)11-5-4-6-14-27(30(36)44-29(35)25-20-22-10-7-8-13-26(22)39-32(25)43-2)38-31(41)21-15-17-34(18-16-21)28-24(33(42)45-34)12-9-19-37-28/h7-10,12-13,19-21,27,35-36H,3-6,11,14-18H2,1-2H3,(H,38,41)/t21-,27-,34+/m0/s1. The minimum atomic E-state index is -0.808. The molecule has 1 fully saturated rings. The SMILES string of the molecule is CCC(=O)CCCCC[C@H](NC(=O)[C@H]1CC[C@]2(CC1)OC(=O)c1cccnc12)C(=N)OC(=N)c1cc2ccccc2nc1OC. The molecule has 1 saturated carbocycles. The number of benzene rings is 1. The van der Waals surface area contributed by atoms with Gasteiger partial charge in [0.25, 0.3) is 0 Å². The van der Waals surface area contributed by atoms with Gasteiger partial charge in [0.15, 0.2) is 5.60 Å². The van der Waals surface area contributed by atoms with E-state index in [4.69, 9.17) is 25.0 Å². The zero-order valence-corrected chi connectivity index (χ0v) is 25.7. The number of para-hydroxylation sites is 1. The van der Waals surface area contributed by atoms with E-state index < -0.39 is 11.6 Å². The average Bonchev–Trinajstić information content (AvgIpc) is 3.33. The van der Waals surface area contributed by atoms with Crippen LogP contribution in [0.4, 0.5) is 0 Å². The van der Waals surface area contributed by atoms with Crippen molar-refractivity contribution in [3.8, 4) is 5.88 Å². The fourth-order valence-corrected chi connectivity index (χ4v) is 6.13. The van der Waals surface area contributed by atoms with Gasteiger partial charge >= 0.3 is 5.97 Å². The molecule has 11 nitrogen and oxygen atoms in total. The number of esters is 1. The number of fused-ring (bicyclic) bond motifs is 3. The monoisotopic (exact) mass is 613 g/mol.